The molecule has 1 aliphatic heterocycles. The van der Waals surface area contributed by atoms with Crippen LogP contribution in [0.1, 0.15) is 17.2 Å². The molecule has 1 amide bonds. The zero-order valence-corrected chi connectivity index (χ0v) is 9.51. The Kier molecular flexibility index (Phi) is 2.49. The van der Waals surface area contributed by atoms with Crippen LogP contribution in [0.2, 0.25) is 0 Å². The van der Waals surface area contributed by atoms with Gasteiger partial charge >= 0.3 is 0 Å². The summed E-state index contributed by atoms with van der Waals surface area (Å²) in [5.74, 6) is 0.509. The van der Waals surface area contributed by atoms with E-state index in [2.05, 4.69) is 15.5 Å². The van der Waals surface area contributed by atoms with Crippen LogP contribution in [0.4, 0.5) is 5.69 Å². The van der Waals surface area contributed by atoms with E-state index in [1.807, 2.05) is 18.2 Å². The van der Waals surface area contributed by atoms with Gasteiger partial charge in [-0.2, -0.15) is 5.10 Å². The van der Waals surface area contributed by atoms with Gasteiger partial charge in [-0.1, -0.05) is 6.07 Å². The molecule has 2 aromatic rings. The molecule has 0 saturated heterocycles. The Labute approximate surface area is 103 Å². The molecule has 0 fully saturated rings. The van der Waals surface area contributed by atoms with Crippen LogP contribution >= 0.6 is 0 Å². The van der Waals surface area contributed by atoms with Gasteiger partial charge in [-0.05, 0) is 17.7 Å². The second kappa shape index (κ2) is 4.15. The molecule has 1 unspecified atom stereocenters. The number of hydrogen-bond acceptors (Lipinski definition) is 4. The Bertz CT molecular complexity index is 580. The van der Waals surface area contributed by atoms with Crippen molar-refractivity contribution in [3.05, 3.63) is 41.7 Å². The first kappa shape index (κ1) is 10.8. The van der Waals surface area contributed by atoms with Gasteiger partial charge in [-0.25, -0.2) is 0 Å². The lowest BCUT2D eigenvalue weighted by atomic mass is 10.0. The summed E-state index contributed by atoms with van der Waals surface area (Å²) >= 11 is 0. The minimum Gasteiger partial charge on any atom is -0.482 e. The molecule has 0 aliphatic carbocycles. The summed E-state index contributed by atoms with van der Waals surface area (Å²) in [4.78, 5) is 11.3. The molecule has 0 saturated carbocycles. The standard InChI is InChI=1S/C12H12N4O2/c13-12(8-4-14-15-5-8)7-1-2-10-9(3-7)16-11(17)6-18-10/h1-5,12H,6,13H2,(H,14,15)(H,16,17). The number of nitrogens with two attached hydrogens (primary N) is 1. The largest absolute Gasteiger partial charge is 0.482 e. The molecule has 92 valence electrons. The fraction of sp³-hybridized carbons (Fsp3) is 0.167. The normalized spacial score (nSPS) is 15.5. The molecule has 0 spiro atoms. The number of nitrogens with one attached hydrogen (secondary N) is 2. The third-order valence-corrected chi connectivity index (χ3v) is 2.87. The Morgan fingerprint density at radius 1 is 1.39 bits per heavy atom. The van der Waals surface area contributed by atoms with Crippen molar-refractivity contribution in [3.8, 4) is 5.75 Å². The number of aromatic nitrogens is 2. The molecular weight excluding hydrogens is 232 g/mol. The quantitative estimate of drug-likeness (QED) is 0.728. The first-order valence-corrected chi connectivity index (χ1v) is 5.55. The van der Waals surface area contributed by atoms with Gasteiger partial charge < -0.3 is 15.8 Å². The summed E-state index contributed by atoms with van der Waals surface area (Å²) in [6.07, 6.45) is 3.43. The highest BCUT2D eigenvalue weighted by Crippen LogP contribution is 2.31. The lowest BCUT2D eigenvalue weighted by Crippen LogP contribution is -2.25. The van der Waals surface area contributed by atoms with Crippen LogP contribution in [0.15, 0.2) is 30.6 Å². The van der Waals surface area contributed by atoms with Crippen LogP contribution in [0.25, 0.3) is 0 Å². The van der Waals surface area contributed by atoms with E-state index < -0.39 is 0 Å². The van der Waals surface area contributed by atoms with Gasteiger partial charge in [0.25, 0.3) is 5.91 Å². The van der Waals surface area contributed by atoms with E-state index >= 15 is 0 Å². The predicted molar refractivity (Wildman–Crippen MR) is 65.2 cm³/mol. The Morgan fingerprint density at radius 2 is 2.28 bits per heavy atom. The number of ether oxygens (including phenoxy) is 1. The number of nitrogens with zero attached hydrogens (tertiary/aromatic N) is 1. The number of aromatic amines is 1. The van der Waals surface area contributed by atoms with Crippen LogP contribution in [-0.4, -0.2) is 22.7 Å². The number of carbonyl (C=O) groups excluding carboxylic acids is 1. The van der Waals surface area contributed by atoms with Gasteiger partial charge in [-0.3, -0.25) is 9.89 Å². The van der Waals surface area contributed by atoms with E-state index in [1.165, 1.54) is 0 Å². The van der Waals surface area contributed by atoms with Crippen LogP contribution < -0.4 is 15.8 Å². The predicted octanol–water partition coefficient (Wildman–Crippen LogP) is 0.789. The summed E-state index contributed by atoms with van der Waals surface area (Å²) in [5, 5.41) is 9.35. The SMILES string of the molecule is NC(c1cn[nH]c1)c1ccc2c(c1)NC(=O)CO2. The molecule has 18 heavy (non-hydrogen) atoms. The van der Waals surface area contributed by atoms with Crippen molar-refractivity contribution in [1.29, 1.82) is 0 Å². The lowest BCUT2D eigenvalue weighted by Gasteiger charge is -2.20. The summed E-state index contributed by atoms with van der Waals surface area (Å²) in [7, 11) is 0. The molecule has 2 heterocycles. The third-order valence-electron chi connectivity index (χ3n) is 2.87. The molecule has 1 aromatic heterocycles. The number of anilines is 1. The summed E-state index contributed by atoms with van der Waals surface area (Å²) in [6, 6.07) is 5.23. The highest BCUT2D eigenvalue weighted by atomic mass is 16.5. The Hall–Kier alpha value is -2.34. The van der Waals surface area contributed by atoms with Gasteiger partial charge in [0.2, 0.25) is 0 Å². The molecule has 6 heteroatoms. The Morgan fingerprint density at radius 3 is 3.06 bits per heavy atom. The second-order valence-corrected chi connectivity index (χ2v) is 4.10. The highest BCUT2D eigenvalue weighted by Gasteiger charge is 2.18. The highest BCUT2D eigenvalue weighted by molar-refractivity contribution is 5.95. The van der Waals surface area contributed by atoms with Crippen molar-refractivity contribution in [2.24, 2.45) is 5.73 Å². The fourth-order valence-corrected chi connectivity index (χ4v) is 1.92. The summed E-state index contributed by atoms with van der Waals surface area (Å²) < 4.78 is 5.29. The fourth-order valence-electron chi connectivity index (χ4n) is 1.92. The summed E-state index contributed by atoms with van der Waals surface area (Å²) in [6.45, 7) is 0.0557. The monoisotopic (exact) mass is 244 g/mol. The average molecular weight is 244 g/mol. The smallest absolute Gasteiger partial charge is 0.262 e. The molecule has 4 N–H and O–H groups in total. The first-order valence-electron chi connectivity index (χ1n) is 5.55. The van der Waals surface area contributed by atoms with Gasteiger partial charge in [0.15, 0.2) is 6.61 Å². The molecule has 0 bridgehead atoms. The molecule has 1 aliphatic rings. The third kappa shape index (κ3) is 1.82. The van der Waals surface area contributed by atoms with Crippen molar-refractivity contribution < 1.29 is 9.53 Å². The second-order valence-electron chi connectivity index (χ2n) is 4.10. The summed E-state index contributed by atoms with van der Waals surface area (Å²) in [5.41, 5.74) is 8.55. The molecule has 6 nitrogen and oxygen atoms in total. The van der Waals surface area contributed by atoms with Crippen LogP contribution in [0, 0.1) is 0 Å². The van der Waals surface area contributed by atoms with E-state index in [0.717, 1.165) is 11.1 Å². The minimum atomic E-state index is -0.284. The van der Waals surface area contributed by atoms with E-state index in [9.17, 15) is 4.79 Å². The topological polar surface area (TPSA) is 93.0 Å². The number of fused-ring (bicyclic) bond motifs is 1. The maximum Gasteiger partial charge on any atom is 0.262 e. The Balaban J connectivity index is 1.94. The van der Waals surface area contributed by atoms with Crippen LogP contribution in [0.5, 0.6) is 5.75 Å². The molecule has 0 radical (unpaired) electrons. The number of benzene rings is 1. The molecule has 3 rings (SSSR count). The lowest BCUT2D eigenvalue weighted by molar-refractivity contribution is -0.118. The minimum absolute atomic E-state index is 0.0557. The van der Waals surface area contributed by atoms with Gasteiger partial charge in [0.1, 0.15) is 5.75 Å². The maximum absolute atomic E-state index is 11.3. The van der Waals surface area contributed by atoms with Gasteiger partial charge in [-0.15, -0.1) is 0 Å². The van der Waals surface area contributed by atoms with Gasteiger partial charge in [0.05, 0.1) is 17.9 Å². The van der Waals surface area contributed by atoms with Crippen molar-refractivity contribution in [3.63, 3.8) is 0 Å². The van der Waals surface area contributed by atoms with Crippen molar-refractivity contribution in [2.75, 3.05) is 11.9 Å². The zero-order chi connectivity index (χ0) is 12.5. The number of rotatable bonds is 2. The van der Waals surface area contributed by atoms with E-state index in [-0.39, 0.29) is 18.6 Å². The molecule has 1 atom stereocenters. The van der Waals surface area contributed by atoms with E-state index in [0.29, 0.717) is 11.4 Å². The number of carbonyl (C=O) groups is 1. The van der Waals surface area contributed by atoms with E-state index in [1.54, 1.807) is 12.4 Å². The average Bonchev–Trinajstić information content (AvgIpc) is 2.90. The number of hydrogen-bond donors (Lipinski definition) is 3. The van der Waals surface area contributed by atoms with Crippen LogP contribution in [0.3, 0.4) is 0 Å². The number of amides is 1. The van der Waals surface area contributed by atoms with E-state index in [4.69, 9.17) is 10.5 Å². The van der Waals surface area contributed by atoms with Crippen molar-refractivity contribution in [1.82, 2.24) is 10.2 Å². The maximum atomic E-state index is 11.3. The number of H-pyrrole nitrogens is 1. The zero-order valence-electron chi connectivity index (χ0n) is 9.51. The molecular formula is C12H12N4O2. The molecule has 1 aromatic carbocycles. The van der Waals surface area contributed by atoms with Crippen LogP contribution in [-0.2, 0) is 4.79 Å². The first-order chi connectivity index (χ1) is 8.74. The van der Waals surface area contributed by atoms with Crippen molar-refractivity contribution >= 4 is 11.6 Å². The van der Waals surface area contributed by atoms with Crippen molar-refractivity contribution in [2.45, 2.75) is 6.04 Å². The van der Waals surface area contributed by atoms with Gasteiger partial charge in [0, 0.05) is 11.8 Å².